The number of aryl methyl sites for hydroxylation is 2. The lowest BCUT2D eigenvalue weighted by atomic mass is 9.90. The molecule has 1 fully saturated rings. The molecule has 1 saturated heterocycles. The van der Waals surface area contributed by atoms with E-state index in [2.05, 4.69) is 16.0 Å². The highest BCUT2D eigenvalue weighted by molar-refractivity contribution is 5.96. The molecule has 0 radical (unpaired) electrons. The number of nitrogens with zero attached hydrogens (tertiary/aromatic N) is 3. The van der Waals surface area contributed by atoms with Crippen LogP contribution in [-0.4, -0.2) is 41.0 Å². The zero-order valence-corrected chi connectivity index (χ0v) is 17.4. The van der Waals surface area contributed by atoms with Crippen molar-refractivity contribution in [3.63, 3.8) is 0 Å². The number of nitrogens with one attached hydrogen (secondary N) is 1. The Hall–Kier alpha value is -3.43. The van der Waals surface area contributed by atoms with Crippen LogP contribution in [-0.2, 0) is 11.3 Å². The predicted molar refractivity (Wildman–Crippen MR) is 114 cm³/mol. The van der Waals surface area contributed by atoms with E-state index in [1.807, 2.05) is 61.2 Å². The Balaban J connectivity index is 1.52. The molecule has 0 unspecified atom stereocenters. The molecule has 0 atom stereocenters. The van der Waals surface area contributed by atoms with Crippen molar-refractivity contribution in [2.24, 2.45) is 0 Å². The van der Waals surface area contributed by atoms with Crippen LogP contribution >= 0.6 is 0 Å². The zero-order chi connectivity index (χ0) is 21.3. The molecule has 3 aromatic rings. The van der Waals surface area contributed by atoms with Gasteiger partial charge in [0, 0.05) is 37.2 Å². The number of hydrogen-bond donors (Lipinski definition) is 1. The third-order valence-electron chi connectivity index (χ3n) is 5.61. The lowest BCUT2D eigenvalue weighted by Crippen LogP contribution is -2.48. The highest BCUT2D eigenvalue weighted by Crippen LogP contribution is 2.31. The van der Waals surface area contributed by atoms with Crippen LogP contribution < -0.4 is 0 Å². The number of carbonyl (C=O) groups is 1. The van der Waals surface area contributed by atoms with Gasteiger partial charge in [-0.3, -0.25) is 4.79 Å². The number of aromatic nitrogens is 2. The second kappa shape index (κ2) is 8.13. The largest absolute Gasteiger partial charge is 0.378 e. The number of rotatable bonds is 5. The number of imidazole rings is 1. The second-order valence-electron chi connectivity index (χ2n) is 7.75. The summed E-state index contributed by atoms with van der Waals surface area (Å²) >= 11 is 0. The first-order chi connectivity index (χ1) is 14.5. The highest BCUT2D eigenvalue weighted by atomic mass is 16.5. The molecule has 4 rings (SSSR count). The van der Waals surface area contributed by atoms with Crippen molar-refractivity contribution in [1.29, 1.82) is 5.26 Å². The van der Waals surface area contributed by atoms with Gasteiger partial charge in [0.05, 0.1) is 29.6 Å². The van der Waals surface area contributed by atoms with Gasteiger partial charge in [-0.05, 0) is 49.2 Å². The summed E-state index contributed by atoms with van der Waals surface area (Å²) in [6.45, 7) is 5.73. The normalized spacial score (nSPS) is 13.7. The number of nitriles is 1. The molecule has 1 N–H and O–H groups in total. The van der Waals surface area contributed by atoms with Crippen LogP contribution in [0.5, 0.6) is 0 Å². The SMILES string of the molecule is COCc1nc(C)[nH]c1-c1cc(C(=O)N2CC(c3ccc(C#N)cc3)C2)ccc1C. The molecule has 0 spiro atoms. The van der Waals surface area contributed by atoms with Gasteiger partial charge in [0.1, 0.15) is 5.82 Å². The summed E-state index contributed by atoms with van der Waals surface area (Å²) in [6, 6.07) is 15.6. The van der Waals surface area contributed by atoms with Crippen LogP contribution in [0.1, 0.15) is 44.5 Å². The van der Waals surface area contributed by atoms with Crippen molar-refractivity contribution in [3.8, 4) is 17.3 Å². The van der Waals surface area contributed by atoms with Gasteiger partial charge in [0.25, 0.3) is 5.91 Å². The summed E-state index contributed by atoms with van der Waals surface area (Å²) in [4.78, 5) is 22.7. The molecule has 1 amide bonds. The minimum absolute atomic E-state index is 0.0330. The standard InChI is InChI=1S/C24H24N4O2/c1-15-4-7-19(10-21(15)23-22(14-30-3)26-16(2)27-23)24(29)28-12-20(13-28)18-8-5-17(11-25)6-9-18/h4-10,20H,12-14H2,1-3H3,(H,26,27). The van der Waals surface area contributed by atoms with E-state index in [-0.39, 0.29) is 5.91 Å². The molecule has 30 heavy (non-hydrogen) atoms. The number of likely N-dealkylation sites (tertiary alicyclic amines) is 1. The van der Waals surface area contributed by atoms with Crippen molar-refractivity contribution in [1.82, 2.24) is 14.9 Å². The summed E-state index contributed by atoms with van der Waals surface area (Å²) in [5, 5.41) is 8.94. The Morgan fingerprint density at radius 1 is 1.23 bits per heavy atom. The van der Waals surface area contributed by atoms with Crippen LogP contribution in [0.25, 0.3) is 11.3 Å². The maximum Gasteiger partial charge on any atom is 0.253 e. The van der Waals surface area contributed by atoms with E-state index in [4.69, 9.17) is 10.00 Å². The van der Waals surface area contributed by atoms with Gasteiger partial charge in [-0.1, -0.05) is 18.2 Å². The maximum atomic E-state index is 13.0. The fourth-order valence-electron chi connectivity index (χ4n) is 3.90. The lowest BCUT2D eigenvalue weighted by molar-refractivity contribution is 0.0602. The molecule has 1 aliphatic heterocycles. The Morgan fingerprint density at radius 3 is 2.63 bits per heavy atom. The van der Waals surface area contributed by atoms with E-state index in [1.54, 1.807) is 7.11 Å². The molecular weight excluding hydrogens is 376 g/mol. The number of benzene rings is 2. The van der Waals surface area contributed by atoms with Gasteiger partial charge in [0.2, 0.25) is 0 Å². The third kappa shape index (κ3) is 3.72. The van der Waals surface area contributed by atoms with Crippen LogP contribution in [0, 0.1) is 25.2 Å². The van der Waals surface area contributed by atoms with Crippen LogP contribution in [0.3, 0.4) is 0 Å². The summed E-state index contributed by atoms with van der Waals surface area (Å²) < 4.78 is 5.28. The van der Waals surface area contributed by atoms with Crippen LogP contribution in [0.2, 0.25) is 0 Å². The van der Waals surface area contributed by atoms with Crippen molar-refractivity contribution in [3.05, 3.63) is 76.2 Å². The van der Waals surface area contributed by atoms with Crippen molar-refractivity contribution in [2.75, 3.05) is 20.2 Å². The first kappa shape index (κ1) is 19.9. The van der Waals surface area contributed by atoms with Gasteiger partial charge in [-0.2, -0.15) is 5.26 Å². The number of amides is 1. The number of aromatic amines is 1. The maximum absolute atomic E-state index is 13.0. The van der Waals surface area contributed by atoms with Crippen molar-refractivity contribution in [2.45, 2.75) is 26.4 Å². The number of carbonyl (C=O) groups excluding carboxylic acids is 1. The Morgan fingerprint density at radius 2 is 1.97 bits per heavy atom. The molecule has 6 nitrogen and oxygen atoms in total. The minimum atomic E-state index is 0.0330. The molecule has 0 aliphatic carbocycles. The van der Waals surface area contributed by atoms with Crippen LogP contribution in [0.4, 0.5) is 0 Å². The second-order valence-corrected chi connectivity index (χ2v) is 7.75. The van der Waals surface area contributed by atoms with E-state index < -0.39 is 0 Å². The molecule has 0 bridgehead atoms. The lowest BCUT2D eigenvalue weighted by Gasteiger charge is -2.39. The molecule has 152 valence electrons. The monoisotopic (exact) mass is 400 g/mol. The Kier molecular flexibility index (Phi) is 5.39. The van der Waals surface area contributed by atoms with Gasteiger partial charge in [-0.15, -0.1) is 0 Å². The smallest absolute Gasteiger partial charge is 0.253 e. The number of H-pyrrole nitrogens is 1. The van der Waals surface area contributed by atoms with E-state index >= 15 is 0 Å². The summed E-state index contributed by atoms with van der Waals surface area (Å²) in [7, 11) is 1.65. The molecular formula is C24H24N4O2. The summed E-state index contributed by atoms with van der Waals surface area (Å²) in [5.74, 6) is 1.17. The van der Waals surface area contributed by atoms with E-state index in [0.717, 1.165) is 28.3 Å². The Bertz CT molecular complexity index is 1120. The van der Waals surface area contributed by atoms with E-state index in [0.29, 0.717) is 36.7 Å². The molecule has 1 aliphatic rings. The minimum Gasteiger partial charge on any atom is -0.378 e. The molecule has 6 heteroatoms. The summed E-state index contributed by atoms with van der Waals surface area (Å²) in [6.07, 6.45) is 0. The zero-order valence-electron chi connectivity index (χ0n) is 17.4. The van der Waals surface area contributed by atoms with Gasteiger partial charge in [0.15, 0.2) is 0 Å². The van der Waals surface area contributed by atoms with Gasteiger partial charge >= 0.3 is 0 Å². The first-order valence-electron chi connectivity index (χ1n) is 9.95. The van der Waals surface area contributed by atoms with Gasteiger partial charge < -0.3 is 14.6 Å². The molecule has 0 saturated carbocycles. The van der Waals surface area contributed by atoms with Crippen molar-refractivity contribution < 1.29 is 9.53 Å². The number of methoxy groups -OCH3 is 1. The summed E-state index contributed by atoms with van der Waals surface area (Å²) in [5.41, 5.74) is 6.28. The Labute approximate surface area is 176 Å². The fourth-order valence-corrected chi connectivity index (χ4v) is 3.90. The predicted octanol–water partition coefficient (Wildman–Crippen LogP) is 3.95. The van der Waals surface area contributed by atoms with E-state index in [1.165, 1.54) is 5.56 Å². The first-order valence-corrected chi connectivity index (χ1v) is 9.95. The number of hydrogen-bond acceptors (Lipinski definition) is 4. The quantitative estimate of drug-likeness (QED) is 0.703. The topological polar surface area (TPSA) is 82.0 Å². The van der Waals surface area contributed by atoms with Crippen LogP contribution in [0.15, 0.2) is 42.5 Å². The highest BCUT2D eigenvalue weighted by Gasteiger charge is 2.32. The third-order valence-corrected chi connectivity index (χ3v) is 5.61. The molecule has 2 heterocycles. The average Bonchev–Trinajstić information content (AvgIpc) is 3.08. The molecule has 2 aromatic carbocycles. The number of ether oxygens (including phenoxy) is 1. The van der Waals surface area contributed by atoms with Crippen molar-refractivity contribution >= 4 is 5.91 Å². The fraction of sp³-hybridized carbons (Fsp3) is 0.292. The average molecular weight is 400 g/mol. The van der Waals surface area contributed by atoms with Gasteiger partial charge in [-0.25, -0.2) is 4.98 Å². The van der Waals surface area contributed by atoms with E-state index in [9.17, 15) is 4.79 Å². The molecule has 1 aromatic heterocycles.